The van der Waals surface area contributed by atoms with E-state index in [1.807, 2.05) is 12.1 Å². The first-order valence-electron chi connectivity index (χ1n) is 9.96. The molecule has 0 bridgehead atoms. The number of amides is 1. The summed E-state index contributed by atoms with van der Waals surface area (Å²) in [5, 5.41) is 6.63. The molecule has 0 radical (unpaired) electrons. The summed E-state index contributed by atoms with van der Waals surface area (Å²) in [4.78, 5) is 15.2. The molecule has 1 aliphatic carbocycles. The third-order valence-electron chi connectivity index (χ3n) is 5.89. The van der Waals surface area contributed by atoms with Gasteiger partial charge in [-0.05, 0) is 57.8 Å². The van der Waals surface area contributed by atoms with Gasteiger partial charge in [0.05, 0.1) is 0 Å². The minimum absolute atomic E-state index is 0.125. The minimum Gasteiger partial charge on any atom is -0.326 e. The third-order valence-corrected chi connectivity index (χ3v) is 5.89. The van der Waals surface area contributed by atoms with Crippen LogP contribution in [0.15, 0.2) is 24.3 Å². The number of para-hydroxylation sites is 1. The van der Waals surface area contributed by atoms with Crippen molar-refractivity contribution in [3.63, 3.8) is 0 Å². The average molecular weight is 344 g/mol. The summed E-state index contributed by atoms with van der Waals surface area (Å²) < 4.78 is 0. The van der Waals surface area contributed by atoms with Gasteiger partial charge in [-0.2, -0.15) is 0 Å². The molecule has 1 heterocycles. The van der Waals surface area contributed by atoms with Crippen LogP contribution in [0.1, 0.15) is 57.4 Å². The summed E-state index contributed by atoms with van der Waals surface area (Å²) in [6, 6.07) is 9.41. The highest BCUT2D eigenvalue weighted by atomic mass is 16.1. The van der Waals surface area contributed by atoms with Crippen LogP contribution in [0.2, 0.25) is 0 Å². The minimum atomic E-state index is 0.125. The van der Waals surface area contributed by atoms with E-state index in [1.165, 1.54) is 37.7 Å². The lowest BCUT2D eigenvalue weighted by Gasteiger charge is -2.32. The van der Waals surface area contributed by atoms with Gasteiger partial charge in [-0.3, -0.25) is 9.69 Å². The molecule has 2 aliphatic rings. The van der Waals surface area contributed by atoms with Crippen molar-refractivity contribution in [3.05, 3.63) is 29.8 Å². The van der Waals surface area contributed by atoms with Crippen LogP contribution in [-0.2, 0) is 11.3 Å². The second kappa shape index (κ2) is 8.81. The normalized spacial score (nSPS) is 25.1. The van der Waals surface area contributed by atoms with Crippen LogP contribution < -0.4 is 10.6 Å². The van der Waals surface area contributed by atoms with E-state index in [2.05, 4.69) is 41.6 Å². The van der Waals surface area contributed by atoms with Crippen LogP contribution >= 0.6 is 0 Å². The molecule has 1 aromatic rings. The molecule has 2 N–H and O–H groups in total. The molecule has 25 heavy (non-hydrogen) atoms. The zero-order chi connectivity index (χ0) is 17.6. The summed E-state index contributed by atoms with van der Waals surface area (Å²) in [6.07, 6.45) is 8.54. The molecule has 1 saturated carbocycles. The fourth-order valence-electron chi connectivity index (χ4n) is 4.30. The Morgan fingerprint density at radius 1 is 1.20 bits per heavy atom. The van der Waals surface area contributed by atoms with E-state index in [9.17, 15) is 4.79 Å². The van der Waals surface area contributed by atoms with Gasteiger partial charge in [0.2, 0.25) is 5.91 Å². The van der Waals surface area contributed by atoms with Crippen LogP contribution in [0.3, 0.4) is 0 Å². The fourth-order valence-corrected chi connectivity index (χ4v) is 4.30. The van der Waals surface area contributed by atoms with Crippen molar-refractivity contribution in [3.8, 4) is 0 Å². The Bertz CT molecular complexity index is 568. The van der Waals surface area contributed by atoms with Gasteiger partial charge in [-0.25, -0.2) is 0 Å². The lowest BCUT2D eigenvalue weighted by Crippen LogP contribution is -2.40. The largest absolute Gasteiger partial charge is 0.326 e. The Kier molecular flexibility index (Phi) is 6.49. The number of carbonyl (C=O) groups is 1. The summed E-state index contributed by atoms with van der Waals surface area (Å²) in [6.45, 7) is 4.00. The van der Waals surface area contributed by atoms with Gasteiger partial charge in [0.15, 0.2) is 0 Å². The van der Waals surface area contributed by atoms with E-state index < -0.39 is 0 Å². The van der Waals surface area contributed by atoms with Gasteiger partial charge < -0.3 is 10.6 Å². The van der Waals surface area contributed by atoms with Crippen molar-refractivity contribution in [2.45, 2.75) is 70.5 Å². The Hall–Kier alpha value is -1.39. The number of benzene rings is 1. The zero-order valence-corrected chi connectivity index (χ0v) is 15.8. The molecule has 0 spiro atoms. The zero-order valence-electron chi connectivity index (χ0n) is 15.8. The van der Waals surface area contributed by atoms with E-state index in [0.717, 1.165) is 31.6 Å². The lowest BCUT2D eigenvalue weighted by molar-refractivity contribution is -0.120. The van der Waals surface area contributed by atoms with Crippen LogP contribution in [0, 0.1) is 5.92 Å². The quantitative estimate of drug-likeness (QED) is 0.855. The summed E-state index contributed by atoms with van der Waals surface area (Å²) in [5.74, 6) is 0.307. The maximum Gasteiger partial charge on any atom is 0.227 e. The fraction of sp³-hybridized carbons (Fsp3) is 0.667. The van der Waals surface area contributed by atoms with Gasteiger partial charge >= 0.3 is 0 Å². The molecular formula is C21H33N3O. The lowest BCUT2D eigenvalue weighted by atomic mass is 9.92. The van der Waals surface area contributed by atoms with Crippen molar-refractivity contribution >= 4 is 11.6 Å². The Labute approximate surface area is 152 Å². The Morgan fingerprint density at radius 3 is 2.72 bits per heavy atom. The standard InChI is InChI=1S/C21H33N3O/c1-16-14-17(12-13-22-16)21(25)23-20-11-7-6-8-18(20)15-24(2)19-9-4-3-5-10-19/h6-8,11,16-17,19,22H,3-5,9-10,12-15H2,1-2H3,(H,23,25)/t16-,17-/m0/s1. The number of rotatable bonds is 5. The van der Waals surface area contributed by atoms with Crippen LogP contribution in [-0.4, -0.2) is 36.5 Å². The second-order valence-corrected chi connectivity index (χ2v) is 7.93. The van der Waals surface area contributed by atoms with Gasteiger partial charge in [0.1, 0.15) is 0 Å². The van der Waals surface area contributed by atoms with E-state index in [0.29, 0.717) is 12.1 Å². The third kappa shape index (κ3) is 5.05. The predicted molar refractivity (Wildman–Crippen MR) is 104 cm³/mol. The maximum absolute atomic E-state index is 12.7. The SMILES string of the molecule is C[C@H]1C[C@@H](C(=O)Nc2ccccc2CN(C)C2CCCCC2)CCN1. The Balaban J connectivity index is 1.62. The van der Waals surface area contributed by atoms with E-state index in [4.69, 9.17) is 0 Å². The van der Waals surface area contributed by atoms with Crippen molar-refractivity contribution in [1.29, 1.82) is 0 Å². The highest BCUT2D eigenvalue weighted by Gasteiger charge is 2.25. The van der Waals surface area contributed by atoms with Gasteiger partial charge in [-0.1, -0.05) is 37.5 Å². The van der Waals surface area contributed by atoms with E-state index in [-0.39, 0.29) is 11.8 Å². The number of piperidine rings is 1. The molecule has 1 aromatic carbocycles. The summed E-state index contributed by atoms with van der Waals surface area (Å²) in [5.41, 5.74) is 2.22. The average Bonchev–Trinajstić information content (AvgIpc) is 2.64. The molecule has 0 unspecified atom stereocenters. The highest BCUT2D eigenvalue weighted by molar-refractivity contribution is 5.93. The molecule has 1 aliphatic heterocycles. The molecule has 4 nitrogen and oxygen atoms in total. The van der Waals surface area contributed by atoms with Gasteiger partial charge in [0, 0.05) is 30.2 Å². The molecule has 0 aromatic heterocycles. The van der Waals surface area contributed by atoms with Crippen LogP contribution in [0.5, 0.6) is 0 Å². The molecule has 3 rings (SSSR count). The Morgan fingerprint density at radius 2 is 1.96 bits per heavy atom. The molecule has 138 valence electrons. The maximum atomic E-state index is 12.7. The van der Waals surface area contributed by atoms with Crippen molar-refractivity contribution in [1.82, 2.24) is 10.2 Å². The topological polar surface area (TPSA) is 44.4 Å². The number of hydrogen-bond acceptors (Lipinski definition) is 3. The monoisotopic (exact) mass is 343 g/mol. The number of carbonyl (C=O) groups excluding carboxylic acids is 1. The molecular weight excluding hydrogens is 310 g/mol. The summed E-state index contributed by atoms with van der Waals surface area (Å²) >= 11 is 0. The van der Waals surface area contributed by atoms with Crippen LogP contribution in [0.25, 0.3) is 0 Å². The number of hydrogen-bond donors (Lipinski definition) is 2. The predicted octanol–water partition coefficient (Wildman–Crippen LogP) is 3.78. The number of nitrogens with zero attached hydrogens (tertiary/aromatic N) is 1. The van der Waals surface area contributed by atoms with Gasteiger partial charge in [0.25, 0.3) is 0 Å². The molecule has 2 atom stereocenters. The van der Waals surface area contributed by atoms with E-state index in [1.54, 1.807) is 0 Å². The first-order chi connectivity index (χ1) is 12.1. The molecule has 1 saturated heterocycles. The number of nitrogens with one attached hydrogen (secondary N) is 2. The van der Waals surface area contributed by atoms with Gasteiger partial charge in [-0.15, -0.1) is 0 Å². The molecule has 2 fully saturated rings. The van der Waals surface area contributed by atoms with Crippen molar-refractivity contribution in [2.24, 2.45) is 5.92 Å². The second-order valence-electron chi connectivity index (χ2n) is 7.93. The molecule has 4 heteroatoms. The smallest absolute Gasteiger partial charge is 0.227 e. The highest BCUT2D eigenvalue weighted by Crippen LogP contribution is 2.26. The summed E-state index contributed by atoms with van der Waals surface area (Å²) in [7, 11) is 2.23. The number of anilines is 1. The van der Waals surface area contributed by atoms with Crippen LogP contribution in [0.4, 0.5) is 5.69 Å². The van der Waals surface area contributed by atoms with Crippen molar-refractivity contribution < 1.29 is 4.79 Å². The first-order valence-corrected chi connectivity index (χ1v) is 9.96. The van der Waals surface area contributed by atoms with Crippen molar-refractivity contribution in [2.75, 3.05) is 18.9 Å². The first kappa shape index (κ1) is 18.4. The molecule has 1 amide bonds. The van der Waals surface area contributed by atoms with E-state index >= 15 is 0 Å².